The summed E-state index contributed by atoms with van der Waals surface area (Å²) in [5.74, 6) is 1.07. The number of carbonyl (C=O) groups is 1. The smallest absolute Gasteiger partial charge is 0.260 e. The summed E-state index contributed by atoms with van der Waals surface area (Å²) in [5, 5.41) is 4.33. The number of hydrogen-bond donors (Lipinski definition) is 0. The molecule has 0 unspecified atom stereocenters. The molecule has 0 aromatic carbocycles. The standard InChI is InChI=1S/C16H20N4O3/c1-10(2)23-13-7-12(8-17-9-13)15(21)20-5-6-22-16-14(20)11(3)18-19(16)4/h7-10H,5-6H2,1-4H3. The molecule has 1 aliphatic heterocycles. The van der Waals surface area contributed by atoms with Crippen molar-refractivity contribution in [3.63, 3.8) is 0 Å². The molecule has 1 aliphatic rings. The number of aromatic nitrogens is 3. The highest BCUT2D eigenvalue weighted by molar-refractivity contribution is 6.07. The maximum Gasteiger partial charge on any atom is 0.260 e. The third-order valence-electron chi connectivity index (χ3n) is 3.54. The minimum absolute atomic E-state index is 0.0257. The highest BCUT2D eigenvalue weighted by Crippen LogP contribution is 2.35. The first kappa shape index (κ1) is 15.3. The van der Waals surface area contributed by atoms with Crippen LogP contribution in [0, 0.1) is 6.92 Å². The van der Waals surface area contributed by atoms with E-state index >= 15 is 0 Å². The lowest BCUT2D eigenvalue weighted by Crippen LogP contribution is -2.38. The second kappa shape index (κ2) is 5.91. The van der Waals surface area contributed by atoms with Crippen molar-refractivity contribution in [1.29, 1.82) is 0 Å². The number of carbonyl (C=O) groups excluding carboxylic acids is 1. The fourth-order valence-corrected chi connectivity index (χ4v) is 2.68. The Morgan fingerprint density at radius 2 is 2.17 bits per heavy atom. The molecule has 2 aromatic heterocycles. The van der Waals surface area contributed by atoms with Crippen LogP contribution >= 0.6 is 0 Å². The van der Waals surface area contributed by atoms with Crippen LogP contribution in [0.3, 0.4) is 0 Å². The zero-order valence-corrected chi connectivity index (χ0v) is 13.7. The van der Waals surface area contributed by atoms with E-state index in [1.165, 1.54) is 0 Å². The number of pyridine rings is 1. The molecule has 0 atom stereocenters. The second-order valence-corrected chi connectivity index (χ2v) is 5.74. The Kier molecular flexibility index (Phi) is 3.94. The van der Waals surface area contributed by atoms with Gasteiger partial charge >= 0.3 is 0 Å². The summed E-state index contributed by atoms with van der Waals surface area (Å²) in [7, 11) is 1.80. The predicted octanol–water partition coefficient (Wildman–Crippen LogP) is 1.95. The van der Waals surface area contributed by atoms with Gasteiger partial charge in [-0.25, -0.2) is 4.68 Å². The van der Waals surface area contributed by atoms with Gasteiger partial charge in [0.05, 0.1) is 30.1 Å². The van der Waals surface area contributed by atoms with Crippen LogP contribution in [-0.2, 0) is 7.05 Å². The lowest BCUT2D eigenvalue weighted by molar-refractivity contribution is 0.0974. The second-order valence-electron chi connectivity index (χ2n) is 5.74. The molecule has 2 aromatic rings. The molecule has 1 amide bonds. The number of amides is 1. The van der Waals surface area contributed by atoms with Crippen molar-refractivity contribution in [1.82, 2.24) is 14.8 Å². The molecule has 7 nitrogen and oxygen atoms in total. The molecule has 0 saturated carbocycles. The van der Waals surface area contributed by atoms with Crippen LogP contribution in [0.2, 0.25) is 0 Å². The van der Waals surface area contributed by atoms with Crippen molar-refractivity contribution < 1.29 is 14.3 Å². The number of aryl methyl sites for hydroxylation is 2. The van der Waals surface area contributed by atoms with Crippen LogP contribution in [0.15, 0.2) is 18.5 Å². The number of nitrogens with zero attached hydrogens (tertiary/aromatic N) is 4. The van der Waals surface area contributed by atoms with E-state index in [1.807, 2.05) is 20.8 Å². The molecule has 3 heterocycles. The third kappa shape index (κ3) is 2.86. The fourth-order valence-electron chi connectivity index (χ4n) is 2.68. The van der Waals surface area contributed by atoms with Crippen LogP contribution in [0.4, 0.5) is 5.69 Å². The summed E-state index contributed by atoms with van der Waals surface area (Å²) in [5.41, 5.74) is 1.97. The van der Waals surface area contributed by atoms with Crippen LogP contribution < -0.4 is 14.4 Å². The molecule has 3 rings (SSSR count). The SMILES string of the molecule is Cc1nn(C)c2c1N(C(=O)c1cncc(OC(C)C)c1)CCO2. The highest BCUT2D eigenvalue weighted by Gasteiger charge is 2.30. The summed E-state index contributed by atoms with van der Waals surface area (Å²) in [6.07, 6.45) is 3.19. The first-order chi connectivity index (χ1) is 11.0. The van der Waals surface area contributed by atoms with E-state index in [0.29, 0.717) is 30.3 Å². The van der Waals surface area contributed by atoms with Crippen LogP contribution in [-0.4, -0.2) is 39.9 Å². The number of ether oxygens (including phenoxy) is 2. The van der Waals surface area contributed by atoms with Crippen LogP contribution in [0.5, 0.6) is 11.6 Å². The topological polar surface area (TPSA) is 69.5 Å². The van der Waals surface area contributed by atoms with Crippen molar-refractivity contribution in [3.05, 3.63) is 29.7 Å². The fraction of sp³-hybridized carbons (Fsp3) is 0.438. The molecule has 122 valence electrons. The quantitative estimate of drug-likeness (QED) is 0.865. The Morgan fingerprint density at radius 3 is 2.91 bits per heavy atom. The van der Waals surface area contributed by atoms with E-state index in [2.05, 4.69) is 10.1 Å². The van der Waals surface area contributed by atoms with Crippen molar-refractivity contribution >= 4 is 11.6 Å². The number of anilines is 1. The molecule has 0 saturated heterocycles. The van der Waals surface area contributed by atoms with Gasteiger partial charge < -0.3 is 9.47 Å². The first-order valence-corrected chi connectivity index (χ1v) is 7.57. The molecule has 0 fully saturated rings. The van der Waals surface area contributed by atoms with Gasteiger partial charge in [0.15, 0.2) is 0 Å². The Bertz CT molecular complexity index is 739. The summed E-state index contributed by atoms with van der Waals surface area (Å²) in [4.78, 5) is 18.7. The third-order valence-corrected chi connectivity index (χ3v) is 3.54. The minimum Gasteiger partial charge on any atom is -0.489 e. The normalized spacial score (nSPS) is 13.7. The number of rotatable bonds is 3. The minimum atomic E-state index is -0.132. The Hall–Kier alpha value is -2.57. The van der Waals surface area contributed by atoms with E-state index < -0.39 is 0 Å². The van der Waals surface area contributed by atoms with Crippen LogP contribution in [0.1, 0.15) is 29.9 Å². The van der Waals surface area contributed by atoms with Gasteiger partial charge in [-0.15, -0.1) is 0 Å². The Balaban J connectivity index is 1.93. The van der Waals surface area contributed by atoms with Gasteiger partial charge in [0.2, 0.25) is 5.88 Å². The van der Waals surface area contributed by atoms with Gasteiger partial charge in [0.1, 0.15) is 18.0 Å². The van der Waals surface area contributed by atoms with E-state index in [1.54, 1.807) is 35.1 Å². The molecule has 7 heteroatoms. The van der Waals surface area contributed by atoms with Crippen molar-refractivity contribution in [2.75, 3.05) is 18.1 Å². The van der Waals surface area contributed by atoms with Crippen molar-refractivity contribution in [2.24, 2.45) is 7.05 Å². The first-order valence-electron chi connectivity index (χ1n) is 7.57. The van der Waals surface area contributed by atoms with E-state index in [4.69, 9.17) is 9.47 Å². The largest absolute Gasteiger partial charge is 0.489 e. The molecule has 0 aliphatic carbocycles. The zero-order chi connectivity index (χ0) is 16.6. The summed E-state index contributed by atoms with van der Waals surface area (Å²) in [6, 6.07) is 1.72. The van der Waals surface area contributed by atoms with Crippen molar-refractivity contribution in [3.8, 4) is 11.6 Å². The predicted molar refractivity (Wildman–Crippen MR) is 85.1 cm³/mol. The molecule has 0 radical (unpaired) electrons. The summed E-state index contributed by atoms with van der Waals surface area (Å²) < 4.78 is 12.9. The number of fused-ring (bicyclic) bond motifs is 1. The van der Waals surface area contributed by atoms with Crippen molar-refractivity contribution in [2.45, 2.75) is 26.9 Å². The molecule has 23 heavy (non-hydrogen) atoms. The molecule has 0 bridgehead atoms. The Labute approximate surface area is 134 Å². The average Bonchev–Trinajstić information content (AvgIpc) is 2.81. The lowest BCUT2D eigenvalue weighted by atomic mass is 10.2. The maximum atomic E-state index is 12.9. The van der Waals surface area contributed by atoms with Gasteiger partial charge in [0, 0.05) is 13.2 Å². The molecule has 0 spiro atoms. The van der Waals surface area contributed by atoms with Crippen LogP contribution in [0.25, 0.3) is 0 Å². The molecule has 0 N–H and O–H groups in total. The van der Waals surface area contributed by atoms with E-state index in [-0.39, 0.29) is 12.0 Å². The van der Waals surface area contributed by atoms with Gasteiger partial charge in [-0.3, -0.25) is 14.7 Å². The monoisotopic (exact) mass is 316 g/mol. The summed E-state index contributed by atoms with van der Waals surface area (Å²) in [6.45, 7) is 6.65. The lowest BCUT2D eigenvalue weighted by Gasteiger charge is -2.27. The summed E-state index contributed by atoms with van der Waals surface area (Å²) >= 11 is 0. The highest BCUT2D eigenvalue weighted by atomic mass is 16.5. The molecular formula is C16H20N4O3. The van der Waals surface area contributed by atoms with Gasteiger partial charge in [0.25, 0.3) is 5.91 Å². The maximum absolute atomic E-state index is 12.9. The van der Waals surface area contributed by atoms with Gasteiger partial charge in [-0.2, -0.15) is 5.10 Å². The average molecular weight is 316 g/mol. The Morgan fingerprint density at radius 1 is 1.39 bits per heavy atom. The van der Waals surface area contributed by atoms with Gasteiger partial charge in [-0.1, -0.05) is 0 Å². The number of hydrogen-bond acceptors (Lipinski definition) is 5. The zero-order valence-electron chi connectivity index (χ0n) is 13.7. The molecular weight excluding hydrogens is 296 g/mol. The van der Waals surface area contributed by atoms with Gasteiger partial charge in [-0.05, 0) is 26.8 Å². The van der Waals surface area contributed by atoms with E-state index in [9.17, 15) is 4.79 Å². The van der Waals surface area contributed by atoms with E-state index in [0.717, 1.165) is 11.4 Å².